The third-order valence-corrected chi connectivity index (χ3v) is 3.46. The van der Waals surface area contributed by atoms with Gasteiger partial charge >= 0.3 is 0 Å². The molecular weight excluding hydrogens is 226 g/mol. The number of rotatable bonds is 2. The molecule has 0 atom stereocenters. The summed E-state index contributed by atoms with van der Waals surface area (Å²) in [7, 11) is 1.74. The van der Waals surface area contributed by atoms with Crippen molar-refractivity contribution in [2.75, 3.05) is 0 Å². The van der Waals surface area contributed by atoms with Crippen molar-refractivity contribution in [1.82, 2.24) is 20.2 Å². The molecule has 90 valence electrons. The van der Waals surface area contributed by atoms with Gasteiger partial charge in [0.05, 0.1) is 18.5 Å². The van der Waals surface area contributed by atoms with Crippen molar-refractivity contribution in [3.8, 4) is 6.07 Å². The average Bonchev–Trinajstić information content (AvgIpc) is 2.93. The molecule has 0 radical (unpaired) electrons. The summed E-state index contributed by atoms with van der Waals surface area (Å²) in [5.74, 6) is 0.645. The van der Waals surface area contributed by atoms with Crippen LogP contribution in [-0.4, -0.2) is 20.2 Å². The zero-order chi connectivity index (χ0) is 12.6. The van der Waals surface area contributed by atoms with E-state index < -0.39 is 5.41 Å². The second-order valence-corrected chi connectivity index (χ2v) is 4.89. The van der Waals surface area contributed by atoms with E-state index in [1.54, 1.807) is 7.05 Å². The number of hydrogen-bond acceptors (Lipinski definition) is 4. The monoisotopic (exact) mass is 239 g/mol. The van der Waals surface area contributed by atoms with Crippen LogP contribution in [0, 0.1) is 16.7 Å². The Hall–Kier alpha value is -2.22. The van der Waals surface area contributed by atoms with Crippen molar-refractivity contribution in [3.05, 3.63) is 41.2 Å². The van der Waals surface area contributed by atoms with Crippen LogP contribution in [0.2, 0.25) is 0 Å². The third kappa shape index (κ3) is 1.76. The lowest BCUT2D eigenvalue weighted by atomic mass is 9.83. The van der Waals surface area contributed by atoms with E-state index in [0.29, 0.717) is 12.2 Å². The second-order valence-electron chi connectivity index (χ2n) is 4.89. The van der Waals surface area contributed by atoms with E-state index in [2.05, 4.69) is 33.6 Å². The van der Waals surface area contributed by atoms with E-state index in [9.17, 15) is 5.26 Å². The van der Waals surface area contributed by atoms with E-state index in [1.807, 2.05) is 12.1 Å². The molecule has 2 aromatic rings. The van der Waals surface area contributed by atoms with Crippen LogP contribution in [0.1, 0.15) is 17.0 Å². The van der Waals surface area contributed by atoms with Crippen LogP contribution >= 0.6 is 0 Å². The number of aryl methyl sites for hydroxylation is 1. The van der Waals surface area contributed by atoms with Gasteiger partial charge in [-0.2, -0.15) is 10.1 Å². The Kier molecular flexibility index (Phi) is 2.37. The van der Waals surface area contributed by atoms with Crippen LogP contribution < -0.4 is 0 Å². The molecule has 5 heteroatoms. The molecule has 0 saturated carbocycles. The Balaban J connectivity index is 1.89. The first-order valence-corrected chi connectivity index (χ1v) is 5.92. The van der Waals surface area contributed by atoms with Gasteiger partial charge in [-0.3, -0.25) is 0 Å². The van der Waals surface area contributed by atoms with Crippen molar-refractivity contribution < 1.29 is 0 Å². The number of benzene rings is 1. The first-order valence-electron chi connectivity index (χ1n) is 5.92. The average molecular weight is 239 g/mol. The lowest BCUT2D eigenvalue weighted by Gasteiger charge is -2.17. The quantitative estimate of drug-likeness (QED) is 0.786. The van der Waals surface area contributed by atoms with Crippen molar-refractivity contribution in [3.63, 3.8) is 0 Å². The molecule has 18 heavy (non-hydrogen) atoms. The van der Waals surface area contributed by atoms with Gasteiger partial charge in [0, 0.05) is 6.42 Å². The minimum atomic E-state index is -0.410. The summed E-state index contributed by atoms with van der Waals surface area (Å²) in [6, 6.07) is 10.7. The lowest BCUT2D eigenvalue weighted by molar-refractivity contribution is 0.407. The van der Waals surface area contributed by atoms with Crippen molar-refractivity contribution in [2.24, 2.45) is 12.5 Å². The molecule has 1 aromatic heterocycles. The Morgan fingerprint density at radius 2 is 2.00 bits per heavy atom. The van der Waals surface area contributed by atoms with Gasteiger partial charge in [-0.1, -0.05) is 24.3 Å². The molecule has 0 spiro atoms. The van der Waals surface area contributed by atoms with E-state index in [4.69, 9.17) is 0 Å². The predicted octanol–water partition coefficient (Wildman–Crippen LogP) is 1.06. The Labute approximate surface area is 105 Å². The fourth-order valence-corrected chi connectivity index (χ4v) is 2.63. The van der Waals surface area contributed by atoms with E-state index in [1.165, 1.54) is 15.9 Å². The minimum absolute atomic E-state index is 0.410. The maximum Gasteiger partial charge on any atom is 0.176 e. The first-order chi connectivity index (χ1) is 8.71. The molecule has 3 rings (SSSR count). The molecule has 1 aliphatic rings. The molecular formula is C13H13N5. The zero-order valence-electron chi connectivity index (χ0n) is 10.2. The molecule has 1 aromatic carbocycles. The summed E-state index contributed by atoms with van der Waals surface area (Å²) in [6.07, 6.45) is 2.11. The normalized spacial score (nSPS) is 16.2. The van der Waals surface area contributed by atoms with Crippen LogP contribution in [-0.2, 0) is 26.3 Å². The maximum absolute atomic E-state index is 9.52. The Morgan fingerprint density at radius 1 is 1.33 bits per heavy atom. The van der Waals surface area contributed by atoms with Gasteiger partial charge in [0.25, 0.3) is 0 Å². The minimum Gasteiger partial charge on any atom is -0.198 e. The van der Waals surface area contributed by atoms with Crippen LogP contribution in [0.3, 0.4) is 0 Å². The number of hydrogen-bond donors (Lipinski definition) is 0. The first kappa shape index (κ1) is 10.9. The van der Waals surface area contributed by atoms with E-state index in [0.717, 1.165) is 12.8 Å². The number of tetrazole rings is 1. The largest absolute Gasteiger partial charge is 0.198 e. The van der Waals surface area contributed by atoms with Gasteiger partial charge in [0.2, 0.25) is 0 Å². The summed E-state index contributed by atoms with van der Waals surface area (Å²) in [6.45, 7) is 0. The third-order valence-electron chi connectivity index (χ3n) is 3.46. The molecule has 1 aliphatic carbocycles. The van der Waals surface area contributed by atoms with Crippen LogP contribution in [0.4, 0.5) is 0 Å². The zero-order valence-corrected chi connectivity index (χ0v) is 10.2. The van der Waals surface area contributed by atoms with Crippen LogP contribution in [0.25, 0.3) is 0 Å². The van der Waals surface area contributed by atoms with E-state index >= 15 is 0 Å². The molecule has 0 bridgehead atoms. The highest BCUT2D eigenvalue weighted by molar-refractivity contribution is 5.37. The van der Waals surface area contributed by atoms with Gasteiger partial charge in [0.1, 0.15) is 0 Å². The lowest BCUT2D eigenvalue weighted by Crippen LogP contribution is -2.23. The molecule has 0 N–H and O–H groups in total. The molecule has 0 fully saturated rings. The molecule has 0 aliphatic heterocycles. The topological polar surface area (TPSA) is 67.4 Å². The standard InChI is InChI=1S/C13H13N5/c1-18-16-12(15-17-18)8-13(9-14)6-10-4-2-3-5-11(10)7-13/h2-5H,6-8H2,1H3. The maximum atomic E-state index is 9.52. The highest BCUT2D eigenvalue weighted by Crippen LogP contribution is 2.38. The van der Waals surface area contributed by atoms with Crippen molar-refractivity contribution >= 4 is 0 Å². The van der Waals surface area contributed by atoms with Gasteiger partial charge in [0.15, 0.2) is 5.82 Å². The van der Waals surface area contributed by atoms with Gasteiger partial charge in [-0.25, -0.2) is 0 Å². The number of aromatic nitrogens is 4. The number of nitriles is 1. The van der Waals surface area contributed by atoms with Gasteiger partial charge < -0.3 is 0 Å². The Bertz CT molecular complexity index is 597. The van der Waals surface area contributed by atoms with Gasteiger partial charge in [-0.15, -0.1) is 10.2 Å². The summed E-state index contributed by atoms with van der Waals surface area (Å²) in [5.41, 5.74) is 2.12. The van der Waals surface area contributed by atoms with E-state index in [-0.39, 0.29) is 0 Å². The van der Waals surface area contributed by atoms with Crippen LogP contribution in [0.15, 0.2) is 24.3 Å². The highest BCUT2D eigenvalue weighted by atomic mass is 15.6. The Morgan fingerprint density at radius 3 is 2.50 bits per heavy atom. The van der Waals surface area contributed by atoms with Crippen LogP contribution in [0.5, 0.6) is 0 Å². The summed E-state index contributed by atoms with van der Waals surface area (Å²) >= 11 is 0. The molecule has 5 nitrogen and oxygen atoms in total. The fourth-order valence-electron chi connectivity index (χ4n) is 2.63. The fraction of sp³-hybridized carbons (Fsp3) is 0.385. The van der Waals surface area contributed by atoms with Crippen molar-refractivity contribution in [2.45, 2.75) is 19.3 Å². The summed E-state index contributed by atoms with van der Waals surface area (Å²) < 4.78 is 0. The molecule has 1 heterocycles. The number of nitrogens with zero attached hydrogens (tertiary/aromatic N) is 5. The molecule has 0 saturated heterocycles. The smallest absolute Gasteiger partial charge is 0.176 e. The molecule has 0 amide bonds. The van der Waals surface area contributed by atoms with Gasteiger partial charge in [-0.05, 0) is 29.2 Å². The summed E-state index contributed by atoms with van der Waals surface area (Å²) in [4.78, 5) is 1.43. The van der Waals surface area contributed by atoms with Crippen molar-refractivity contribution in [1.29, 1.82) is 5.26 Å². The summed E-state index contributed by atoms with van der Waals surface area (Å²) in [5, 5.41) is 21.5. The highest BCUT2D eigenvalue weighted by Gasteiger charge is 2.38. The predicted molar refractivity (Wildman–Crippen MR) is 64.4 cm³/mol. The number of fused-ring (bicyclic) bond motifs is 1. The second kappa shape index (κ2) is 3.91. The molecule has 0 unspecified atom stereocenters. The SMILES string of the molecule is Cn1nnc(CC2(C#N)Cc3ccccc3C2)n1.